The highest BCUT2D eigenvalue weighted by molar-refractivity contribution is 5.93. The molecule has 0 spiro atoms. The molecule has 8 heteroatoms. The lowest BCUT2D eigenvalue weighted by Crippen LogP contribution is -2.37. The molecule has 2 aromatic rings. The van der Waals surface area contributed by atoms with Gasteiger partial charge >= 0.3 is 5.97 Å². The Bertz CT molecular complexity index is 620. The summed E-state index contributed by atoms with van der Waals surface area (Å²) in [6, 6.07) is 2.25. The Kier molecular flexibility index (Phi) is 4.36. The summed E-state index contributed by atoms with van der Waals surface area (Å²) < 4.78 is 2.90. The van der Waals surface area contributed by atoms with E-state index < -0.39 is 12.0 Å². The minimum absolute atomic E-state index is 0.152. The van der Waals surface area contributed by atoms with Crippen molar-refractivity contribution in [3.63, 3.8) is 0 Å². The Morgan fingerprint density at radius 3 is 2.71 bits per heavy atom. The fraction of sp³-hybridized carbons (Fsp3) is 0.385. The summed E-state index contributed by atoms with van der Waals surface area (Å²) >= 11 is 0. The van der Waals surface area contributed by atoms with Gasteiger partial charge in [0.15, 0.2) is 0 Å². The van der Waals surface area contributed by atoms with Gasteiger partial charge in [-0.15, -0.1) is 0 Å². The lowest BCUT2D eigenvalue weighted by Gasteiger charge is -2.16. The van der Waals surface area contributed by atoms with Crippen LogP contribution in [0, 0.1) is 0 Å². The largest absolute Gasteiger partial charge is 0.480 e. The van der Waals surface area contributed by atoms with Gasteiger partial charge in [0.05, 0.1) is 6.54 Å². The van der Waals surface area contributed by atoms with E-state index in [0.717, 1.165) is 0 Å². The molecule has 0 saturated carbocycles. The summed E-state index contributed by atoms with van der Waals surface area (Å²) in [5, 5.41) is 19.8. The molecule has 2 unspecified atom stereocenters. The van der Waals surface area contributed by atoms with Crippen molar-refractivity contribution in [2.45, 2.75) is 32.5 Å². The minimum atomic E-state index is -1.04. The number of aliphatic carboxylic acids is 1. The molecule has 0 saturated heterocycles. The van der Waals surface area contributed by atoms with Crippen molar-refractivity contribution in [1.82, 2.24) is 24.9 Å². The van der Waals surface area contributed by atoms with E-state index in [0.29, 0.717) is 6.54 Å². The molecule has 112 valence electrons. The second kappa shape index (κ2) is 6.21. The molecule has 0 aliphatic rings. The Morgan fingerprint density at radius 1 is 1.33 bits per heavy atom. The molecule has 2 N–H and O–H groups in total. The average molecular weight is 291 g/mol. The molecule has 0 bridgehead atoms. The van der Waals surface area contributed by atoms with Crippen LogP contribution in [0.15, 0.2) is 30.7 Å². The van der Waals surface area contributed by atoms with Crippen molar-refractivity contribution in [2.75, 3.05) is 0 Å². The predicted octanol–water partition coefficient (Wildman–Crippen LogP) is 0.544. The number of carbonyl (C=O) groups excluding carboxylic acids is 1. The molecule has 0 aliphatic carbocycles. The van der Waals surface area contributed by atoms with Crippen LogP contribution in [0.25, 0.3) is 0 Å². The van der Waals surface area contributed by atoms with E-state index in [2.05, 4.69) is 15.5 Å². The van der Waals surface area contributed by atoms with Gasteiger partial charge in [-0.2, -0.15) is 10.2 Å². The van der Waals surface area contributed by atoms with Gasteiger partial charge in [-0.1, -0.05) is 0 Å². The second-order valence-corrected chi connectivity index (χ2v) is 4.78. The van der Waals surface area contributed by atoms with Gasteiger partial charge in [-0.3, -0.25) is 9.48 Å². The summed E-state index contributed by atoms with van der Waals surface area (Å²) in [7, 11) is 0. The normalized spacial score (nSPS) is 13.6. The summed E-state index contributed by atoms with van der Waals surface area (Å²) in [6.45, 7) is 3.85. The SMILES string of the molecule is CC(Cn1cccn1)NC(=O)c1ccnn1C(C)C(=O)O. The fourth-order valence-corrected chi connectivity index (χ4v) is 1.94. The van der Waals surface area contributed by atoms with Crippen molar-refractivity contribution in [2.24, 2.45) is 0 Å². The van der Waals surface area contributed by atoms with Crippen molar-refractivity contribution in [3.8, 4) is 0 Å². The smallest absolute Gasteiger partial charge is 0.328 e. The summed E-state index contributed by atoms with van der Waals surface area (Å²) in [5.74, 6) is -1.41. The first kappa shape index (κ1) is 14.8. The molecule has 0 aliphatic heterocycles. The van der Waals surface area contributed by atoms with Crippen LogP contribution in [-0.4, -0.2) is 42.6 Å². The van der Waals surface area contributed by atoms with Crippen molar-refractivity contribution >= 4 is 11.9 Å². The first-order valence-corrected chi connectivity index (χ1v) is 6.53. The summed E-state index contributed by atoms with van der Waals surface area (Å²) in [4.78, 5) is 23.2. The highest BCUT2D eigenvalue weighted by Gasteiger charge is 2.21. The van der Waals surface area contributed by atoms with Gasteiger partial charge in [0.2, 0.25) is 0 Å². The van der Waals surface area contributed by atoms with Gasteiger partial charge in [-0.25, -0.2) is 9.48 Å². The van der Waals surface area contributed by atoms with Crippen LogP contribution < -0.4 is 5.32 Å². The summed E-state index contributed by atoms with van der Waals surface area (Å²) in [5.41, 5.74) is 0.220. The lowest BCUT2D eigenvalue weighted by atomic mass is 10.3. The molecule has 2 heterocycles. The highest BCUT2D eigenvalue weighted by atomic mass is 16.4. The number of hydrogen-bond acceptors (Lipinski definition) is 4. The van der Waals surface area contributed by atoms with Gasteiger partial charge in [-0.05, 0) is 26.0 Å². The fourth-order valence-electron chi connectivity index (χ4n) is 1.94. The number of carboxylic acid groups (broad SMARTS) is 1. The van der Waals surface area contributed by atoms with Gasteiger partial charge < -0.3 is 10.4 Å². The van der Waals surface area contributed by atoms with E-state index in [-0.39, 0.29) is 17.6 Å². The van der Waals surface area contributed by atoms with Gasteiger partial charge in [0.25, 0.3) is 5.91 Å². The molecule has 2 rings (SSSR count). The van der Waals surface area contributed by atoms with Crippen LogP contribution in [0.5, 0.6) is 0 Å². The third-order valence-electron chi connectivity index (χ3n) is 3.02. The maximum atomic E-state index is 12.2. The van der Waals surface area contributed by atoms with Crippen LogP contribution in [0.2, 0.25) is 0 Å². The van der Waals surface area contributed by atoms with E-state index >= 15 is 0 Å². The molecule has 0 fully saturated rings. The van der Waals surface area contributed by atoms with Crippen LogP contribution in [0.4, 0.5) is 0 Å². The molecule has 1 amide bonds. The molecule has 2 aromatic heterocycles. The molecule has 0 radical (unpaired) electrons. The van der Waals surface area contributed by atoms with Gasteiger partial charge in [0, 0.05) is 24.6 Å². The van der Waals surface area contributed by atoms with E-state index in [1.54, 1.807) is 23.1 Å². The molecular formula is C13H17N5O3. The van der Waals surface area contributed by atoms with Crippen LogP contribution in [-0.2, 0) is 11.3 Å². The van der Waals surface area contributed by atoms with E-state index in [9.17, 15) is 9.59 Å². The molecule has 2 atom stereocenters. The Hall–Kier alpha value is -2.64. The van der Waals surface area contributed by atoms with E-state index in [4.69, 9.17) is 5.11 Å². The quantitative estimate of drug-likeness (QED) is 0.809. The number of hydrogen-bond donors (Lipinski definition) is 2. The van der Waals surface area contributed by atoms with Crippen LogP contribution in [0.1, 0.15) is 30.4 Å². The standard InChI is InChI=1S/C13H17N5O3/c1-9(8-17-7-3-5-14-17)16-12(19)11-4-6-15-18(11)10(2)13(20)21/h3-7,9-10H,8H2,1-2H3,(H,16,19)(H,20,21). The minimum Gasteiger partial charge on any atom is -0.480 e. The molecule has 0 aromatic carbocycles. The first-order valence-electron chi connectivity index (χ1n) is 6.53. The highest BCUT2D eigenvalue weighted by Crippen LogP contribution is 2.09. The number of rotatable bonds is 6. The first-order chi connectivity index (χ1) is 9.99. The van der Waals surface area contributed by atoms with Crippen LogP contribution in [0.3, 0.4) is 0 Å². The summed E-state index contributed by atoms with van der Waals surface area (Å²) in [6.07, 6.45) is 4.88. The van der Waals surface area contributed by atoms with Crippen molar-refractivity contribution in [1.29, 1.82) is 0 Å². The second-order valence-electron chi connectivity index (χ2n) is 4.78. The zero-order valence-electron chi connectivity index (χ0n) is 11.8. The average Bonchev–Trinajstić information content (AvgIpc) is 3.07. The lowest BCUT2D eigenvalue weighted by molar-refractivity contribution is -0.140. The molecular weight excluding hydrogens is 274 g/mol. The zero-order valence-corrected chi connectivity index (χ0v) is 11.8. The van der Waals surface area contributed by atoms with Gasteiger partial charge in [0.1, 0.15) is 11.7 Å². The number of amides is 1. The topological polar surface area (TPSA) is 102 Å². The Morgan fingerprint density at radius 2 is 2.10 bits per heavy atom. The van der Waals surface area contributed by atoms with Crippen molar-refractivity contribution in [3.05, 3.63) is 36.4 Å². The maximum Gasteiger partial charge on any atom is 0.328 e. The monoisotopic (exact) mass is 291 g/mol. The van der Waals surface area contributed by atoms with E-state index in [1.165, 1.54) is 23.9 Å². The van der Waals surface area contributed by atoms with Crippen molar-refractivity contribution < 1.29 is 14.7 Å². The van der Waals surface area contributed by atoms with Crippen LogP contribution >= 0.6 is 0 Å². The van der Waals surface area contributed by atoms with E-state index in [1.807, 2.05) is 6.92 Å². The number of carboxylic acids is 1. The molecule has 8 nitrogen and oxygen atoms in total. The zero-order chi connectivity index (χ0) is 15.4. The third-order valence-corrected chi connectivity index (χ3v) is 3.02. The third kappa shape index (κ3) is 3.47. The number of aromatic nitrogens is 4. The number of nitrogens with zero attached hydrogens (tertiary/aromatic N) is 4. The number of nitrogens with one attached hydrogen (secondary N) is 1. The number of carbonyl (C=O) groups is 2. The Labute approximate surface area is 121 Å². The predicted molar refractivity (Wildman–Crippen MR) is 73.7 cm³/mol. The maximum absolute atomic E-state index is 12.2. The Balaban J connectivity index is 2.03. The molecule has 21 heavy (non-hydrogen) atoms.